The van der Waals surface area contributed by atoms with Gasteiger partial charge < -0.3 is 19.4 Å². The number of para-hydroxylation sites is 1. The van der Waals surface area contributed by atoms with Crippen molar-refractivity contribution in [3.63, 3.8) is 0 Å². The van der Waals surface area contributed by atoms with Crippen LogP contribution >= 0.6 is 0 Å². The highest BCUT2D eigenvalue weighted by Gasteiger charge is 2.55. The lowest BCUT2D eigenvalue weighted by atomic mass is 9.84. The van der Waals surface area contributed by atoms with Gasteiger partial charge in [0.05, 0.1) is 19.8 Å². The van der Waals surface area contributed by atoms with E-state index in [1.165, 1.54) is 0 Å². The molecule has 1 saturated heterocycles. The third-order valence-electron chi connectivity index (χ3n) is 6.70. The number of ketones is 1. The van der Waals surface area contributed by atoms with Crippen LogP contribution in [-0.4, -0.2) is 46.9 Å². The molecule has 1 spiro atoms. The van der Waals surface area contributed by atoms with Crippen molar-refractivity contribution in [3.05, 3.63) is 77.1 Å². The zero-order valence-corrected chi connectivity index (χ0v) is 20.0. The lowest BCUT2D eigenvalue weighted by Crippen LogP contribution is -2.47. The second kappa shape index (κ2) is 8.61. The van der Waals surface area contributed by atoms with E-state index in [1.54, 1.807) is 24.3 Å². The van der Waals surface area contributed by atoms with Crippen LogP contribution in [0.2, 0.25) is 0 Å². The number of hydrogen-bond acceptors (Lipinski definition) is 5. The monoisotopic (exact) mass is 473 g/mol. The van der Waals surface area contributed by atoms with Gasteiger partial charge in [-0.1, -0.05) is 18.2 Å². The summed E-state index contributed by atoms with van der Waals surface area (Å²) in [5, 5.41) is 2.84. The molecule has 2 aliphatic rings. The number of aryl methyl sites for hydroxylation is 1. The number of fused-ring (bicyclic) bond motifs is 2. The zero-order chi connectivity index (χ0) is 24.7. The Balaban J connectivity index is 1.41. The van der Waals surface area contributed by atoms with E-state index in [-0.39, 0.29) is 12.3 Å². The van der Waals surface area contributed by atoms with Gasteiger partial charge in [-0.25, -0.2) is 4.79 Å². The van der Waals surface area contributed by atoms with Crippen molar-refractivity contribution in [2.75, 3.05) is 19.8 Å². The van der Waals surface area contributed by atoms with Gasteiger partial charge in [-0.2, -0.15) is 0 Å². The molecule has 1 aromatic heterocycles. The highest BCUT2D eigenvalue weighted by Crippen LogP contribution is 2.41. The zero-order valence-electron chi connectivity index (χ0n) is 20.0. The molecule has 0 bridgehead atoms. The Morgan fingerprint density at radius 1 is 1.11 bits per heavy atom. The molecular formula is C27H27N3O5. The van der Waals surface area contributed by atoms with Crippen LogP contribution in [0.5, 0.6) is 11.5 Å². The minimum Gasteiger partial charge on any atom is -0.494 e. The molecule has 8 nitrogen and oxygen atoms in total. The van der Waals surface area contributed by atoms with Gasteiger partial charge in [0, 0.05) is 34.6 Å². The topological polar surface area (TPSA) is 89.9 Å². The van der Waals surface area contributed by atoms with Gasteiger partial charge in [0.15, 0.2) is 11.3 Å². The quantitative estimate of drug-likeness (QED) is 0.433. The van der Waals surface area contributed by atoms with Crippen molar-refractivity contribution >= 4 is 17.7 Å². The van der Waals surface area contributed by atoms with Gasteiger partial charge in [0.25, 0.3) is 5.91 Å². The number of ether oxygens (including phenoxy) is 2. The van der Waals surface area contributed by atoms with E-state index in [1.807, 2.05) is 55.7 Å². The molecule has 0 unspecified atom stereocenters. The Morgan fingerprint density at radius 2 is 1.86 bits per heavy atom. The molecular weight excluding hydrogens is 446 g/mol. The fraction of sp³-hybridized carbons (Fsp3) is 0.296. The number of carbonyl (C=O) groups is 3. The Morgan fingerprint density at radius 3 is 2.60 bits per heavy atom. The van der Waals surface area contributed by atoms with E-state index in [0.29, 0.717) is 36.5 Å². The lowest BCUT2D eigenvalue weighted by Gasteiger charge is -2.33. The summed E-state index contributed by atoms with van der Waals surface area (Å²) in [4.78, 5) is 40.7. The first-order valence-electron chi connectivity index (χ1n) is 11.7. The van der Waals surface area contributed by atoms with Gasteiger partial charge in [-0.3, -0.25) is 14.5 Å². The fourth-order valence-corrected chi connectivity index (χ4v) is 5.04. The lowest BCUT2D eigenvalue weighted by molar-refractivity contribution is -0.132. The number of carbonyl (C=O) groups excluding carboxylic acids is 3. The maximum atomic E-state index is 13.5. The van der Waals surface area contributed by atoms with Crippen LogP contribution in [-0.2, 0) is 10.3 Å². The standard InChI is InChI=1S/C27H27N3O5/c1-4-34-20-11-9-19(10-12-20)30-17(2)15-21(18(30)3)23(31)16-29-25(32)27(28-26(29)33)13-14-35-24-8-6-5-7-22(24)27/h5-12,15H,4,13-14,16H2,1-3H3,(H,28,33)/t27-/m1/s1. The van der Waals surface area contributed by atoms with Crippen molar-refractivity contribution in [3.8, 4) is 17.2 Å². The maximum absolute atomic E-state index is 13.5. The fourth-order valence-electron chi connectivity index (χ4n) is 5.04. The molecule has 0 saturated carbocycles. The molecule has 180 valence electrons. The number of Topliss-reactive ketones (excluding diaryl/α,β-unsaturated/α-hetero) is 1. The average molecular weight is 474 g/mol. The van der Waals surface area contributed by atoms with E-state index in [9.17, 15) is 14.4 Å². The first-order chi connectivity index (χ1) is 16.9. The Kier molecular flexibility index (Phi) is 5.59. The van der Waals surface area contributed by atoms with E-state index >= 15 is 0 Å². The minimum absolute atomic E-state index is 0.295. The van der Waals surface area contributed by atoms with E-state index in [2.05, 4.69) is 5.32 Å². The number of amides is 3. The summed E-state index contributed by atoms with van der Waals surface area (Å²) in [6.45, 7) is 6.26. The molecule has 3 amide bonds. The molecule has 1 atom stereocenters. The number of benzene rings is 2. The molecule has 3 aromatic rings. The SMILES string of the molecule is CCOc1ccc(-n2c(C)cc(C(=O)CN3C(=O)N[C@@]4(CCOc5ccccc54)C3=O)c2C)cc1. The first-order valence-corrected chi connectivity index (χ1v) is 11.7. The smallest absolute Gasteiger partial charge is 0.325 e. The van der Waals surface area contributed by atoms with Gasteiger partial charge >= 0.3 is 6.03 Å². The number of urea groups is 1. The summed E-state index contributed by atoms with van der Waals surface area (Å²) in [7, 11) is 0. The molecule has 3 heterocycles. The van der Waals surface area contributed by atoms with E-state index < -0.39 is 17.5 Å². The number of nitrogens with zero attached hydrogens (tertiary/aromatic N) is 2. The molecule has 1 fully saturated rings. The van der Waals surface area contributed by atoms with Crippen LogP contribution in [0.3, 0.4) is 0 Å². The van der Waals surface area contributed by atoms with Crippen molar-refractivity contribution in [2.45, 2.75) is 32.7 Å². The van der Waals surface area contributed by atoms with Crippen LogP contribution in [0.1, 0.15) is 40.7 Å². The summed E-state index contributed by atoms with van der Waals surface area (Å²) < 4.78 is 13.2. The van der Waals surface area contributed by atoms with Gasteiger partial charge in [0.2, 0.25) is 0 Å². The summed E-state index contributed by atoms with van der Waals surface area (Å²) in [5.74, 6) is 0.625. The van der Waals surface area contributed by atoms with E-state index in [4.69, 9.17) is 9.47 Å². The Bertz CT molecular complexity index is 1330. The van der Waals surface area contributed by atoms with Crippen molar-refractivity contribution in [2.24, 2.45) is 0 Å². The predicted molar refractivity (Wildman–Crippen MR) is 129 cm³/mol. The number of imide groups is 1. The summed E-state index contributed by atoms with van der Waals surface area (Å²) in [6, 6.07) is 16.0. The summed E-state index contributed by atoms with van der Waals surface area (Å²) in [6.07, 6.45) is 0.311. The third kappa shape index (κ3) is 3.65. The van der Waals surface area contributed by atoms with Crippen LogP contribution in [0.4, 0.5) is 4.79 Å². The van der Waals surface area contributed by atoms with Crippen molar-refractivity contribution < 1.29 is 23.9 Å². The maximum Gasteiger partial charge on any atom is 0.325 e. The normalized spacial score (nSPS) is 18.9. The largest absolute Gasteiger partial charge is 0.494 e. The molecule has 35 heavy (non-hydrogen) atoms. The number of nitrogens with one attached hydrogen (secondary N) is 1. The number of hydrogen-bond donors (Lipinski definition) is 1. The molecule has 0 radical (unpaired) electrons. The van der Waals surface area contributed by atoms with Crippen LogP contribution in [0.15, 0.2) is 54.6 Å². The van der Waals surface area contributed by atoms with Crippen molar-refractivity contribution in [1.82, 2.24) is 14.8 Å². The van der Waals surface area contributed by atoms with Crippen LogP contribution in [0, 0.1) is 13.8 Å². The third-order valence-corrected chi connectivity index (χ3v) is 6.70. The molecule has 2 aromatic carbocycles. The molecule has 8 heteroatoms. The molecule has 1 N–H and O–H groups in total. The summed E-state index contributed by atoms with van der Waals surface area (Å²) >= 11 is 0. The average Bonchev–Trinajstić information content (AvgIpc) is 3.28. The minimum atomic E-state index is -1.20. The van der Waals surface area contributed by atoms with Crippen molar-refractivity contribution in [1.29, 1.82) is 0 Å². The van der Waals surface area contributed by atoms with Crippen LogP contribution in [0.25, 0.3) is 5.69 Å². The predicted octanol–water partition coefficient (Wildman–Crippen LogP) is 3.91. The molecule has 0 aliphatic carbocycles. The molecule has 2 aliphatic heterocycles. The number of aromatic nitrogens is 1. The number of rotatable bonds is 6. The van der Waals surface area contributed by atoms with Gasteiger partial charge in [-0.05, 0) is 57.2 Å². The highest BCUT2D eigenvalue weighted by atomic mass is 16.5. The molecule has 5 rings (SSSR count). The van der Waals surface area contributed by atoms with Crippen LogP contribution < -0.4 is 14.8 Å². The summed E-state index contributed by atoms with van der Waals surface area (Å²) in [5.41, 5.74) is 2.41. The highest BCUT2D eigenvalue weighted by molar-refractivity contribution is 6.12. The first kappa shape index (κ1) is 22.7. The Hall–Kier alpha value is -4.07. The van der Waals surface area contributed by atoms with Gasteiger partial charge in [0.1, 0.15) is 11.5 Å². The second-order valence-electron chi connectivity index (χ2n) is 8.79. The van der Waals surface area contributed by atoms with Gasteiger partial charge in [-0.15, -0.1) is 0 Å². The second-order valence-corrected chi connectivity index (χ2v) is 8.79. The van der Waals surface area contributed by atoms with E-state index in [0.717, 1.165) is 27.7 Å². The Labute approximate surface area is 203 Å².